The lowest BCUT2D eigenvalue weighted by Crippen LogP contribution is -2.46. The molecule has 8 nitrogen and oxygen atoms in total. The highest BCUT2D eigenvalue weighted by Crippen LogP contribution is 2.34. The van der Waals surface area contributed by atoms with Gasteiger partial charge in [0.1, 0.15) is 5.82 Å². The van der Waals surface area contributed by atoms with Crippen molar-refractivity contribution in [3.05, 3.63) is 41.7 Å². The van der Waals surface area contributed by atoms with E-state index in [0.29, 0.717) is 29.8 Å². The molecule has 0 unspecified atom stereocenters. The second-order valence-corrected chi connectivity index (χ2v) is 7.17. The van der Waals surface area contributed by atoms with Crippen LogP contribution in [-0.4, -0.2) is 40.3 Å². The van der Waals surface area contributed by atoms with E-state index in [1.807, 2.05) is 12.1 Å². The van der Waals surface area contributed by atoms with Gasteiger partial charge in [-0.15, -0.1) is 0 Å². The molecule has 1 aliphatic rings. The summed E-state index contributed by atoms with van der Waals surface area (Å²) < 4.78 is 5.20. The van der Waals surface area contributed by atoms with E-state index in [4.69, 9.17) is 10.5 Å². The summed E-state index contributed by atoms with van der Waals surface area (Å²) in [6.45, 7) is 4.38. The van der Waals surface area contributed by atoms with Crippen LogP contribution in [0.1, 0.15) is 36.9 Å². The summed E-state index contributed by atoms with van der Waals surface area (Å²) in [5.41, 5.74) is 7.79. The Bertz CT molecular complexity index is 886. The zero-order valence-corrected chi connectivity index (χ0v) is 16.3. The van der Waals surface area contributed by atoms with E-state index in [0.717, 1.165) is 24.0 Å². The van der Waals surface area contributed by atoms with Gasteiger partial charge in [0, 0.05) is 18.8 Å². The third kappa shape index (κ3) is 4.21. The van der Waals surface area contributed by atoms with Gasteiger partial charge in [-0.25, -0.2) is 9.97 Å². The van der Waals surface area contributed by atoms with Crippen LogP contribution >= 0.6 is 0 Å². The van der Waals surface area contributed by atoms with Crippen molar-refractivity contribution in [2.24, 2.45) is 5.92 Å². The average Bonchev–Trinajstić information content (AvgIpc) is 2.70. The summed E-state index contributed by atoms with van der Waals surface area (Å²) in [6, 6.07) is 5.16. The van der Waals surface area contributed by atoms with Crippen molar-refractivity contribution in [3.63, 3.8) is 0 Å². The molecule has 28 heavy (non-hydrogen) atoms. The van der Waals surface area contributed by atoms with E-state index in [2.05, 4.69) is 22.2 Å². The maximum absolute atomic E-state index is 13.0. The molecule has 0 bridgehead atoms. The van der Waals surface area contributed by atoms with E-state index in [-0.39, 0.29) is 6.04 Å². The largest absolute Gasteiger partial charge is 0.481 e. The lowest BCUT2D eigenvalue weighted by atomic mass is 9.90. The lowest BCUT2D eigenvalue weighted by Gasteiger charge is -2.38. The minimum Gasteiger partial charge on any atom is -0.481 e. The Morgan fingerprint density at radius 3 is 2.79 bits per heavy atom. The number of aromatic nitrogens is 2. The maximum Gasteiger partial charge on any atom is 0.313 e. The van der Waals surface area contributed by atoms with E-state index in [1.54, 1.807) is 31.2 Å². The molecular weight excluding hydrogens is 358 g/mol. The molecule has 0 saturated carbocycles. The van der Waals surface area contributed by atoms with Gasteiger partial charge >= 0.3 is 11.8 Å². The molecule has 2 aromatic rings. The summed E-state index contributed by atoms with van der Waals surface area (Å²) in [5, 5.41) is 2.63. The Kier molecular flexibility index (Phi) is 5.77. The van der Waals surface area contributed by atoms with Crippen molar-refractivity contribution >= 4 is 23.3 Å². The quantitative estimate of drug-likeness (QED) is 0.787. The minimum absolute atomic E-state index is 0.197. The van der Waals surface area contributed by atoms with Crippen LogP contribution in [0.2, 0.25) is 0 Å². The van der Waals surface area contributed by atoms with Crippen molar-refractivity contribution in [2.45, 2.75) is 32.7 Å². The fraction of sp³-hybridized carbons (Fsp3) is 0.400. The highest BCUT2D eigenvalue weighted by molar-refractivity contribution is 6.39. The second-order valence-electron chi connectivity index (χ2n) is 7.17. The predicted molar refractivity (Wildman–Crippen MR) is 106 cm³/mol. The molecule has 8 heteroatoms. The number of nitrogens with one attached hydrogen (secondary N) is 1. The topological polar surface area (TPSA) is 110 Å². The monoisotopic (exact) mass is 383 g/mol. The van der Waals surface area contributed by atoms with Crippen molar-refractivity contribution in [1.29, 1.82) is 0 Å². The number of nitrogens with two attached hydrogens (primary N) is 1. The molecule has 0 aliphatic carbocycles. The van der Waals surface area contributed by atoms with E-state index >= 15 is 0 Å². The number of amides is 2. The molecule has 3 rings (SSSR count). The summed E-state index contributed by atoms with van der Waals surface area (Å²) in [4.78, 5) is 35.3. The van der Waals surface area contributed by atoms with Gasteiger partial charge in [0.05, 0.1) is 25.0 Å². The highest BCUT2D eigenvalue weighted by atomic mass is 16.5. The van der Waals surface area contributed by atoms with Gasteiger partial charge in [-0.3, -0.25) is 9.59 Å². The number of ether oxygens (including phenoxy) is 1. The van der Waals surface area contributed by atoms with Crippen LogP contribution in [0.5, 0.6) is 5.88 Å². The van der Waals surface area contributed by atoms with Crippen molar-refractivity contribution < 1.29 is 14.3 Å². The van der Waals surface area contributed by atoms with Crippen LogP contribution in [0.25, 0.3) is 0 Å². The third-order valence-electron chi connectivity index (χ3n) is 5.00. The SMILES string of the molecule is COc1cc([C@H]2CC[C@H](C)CN2C(=O)C(=O)Nc2cnc(N)c(C)c2)ccn1. The lowest BCUT2D eigenvalue weighted by molar-refractivity contribution is -0.146. The summed E-state index contributed by atoms with van der Waals surface area (Å²) in [5.74, 6) is -0.0673. The molecule has 3 heterocycles. The molecule has 2 amide bonds. The number of carbonyl (C=O) groups is 2. The Hall–Kier alpha value is -3.16. The Morgan fingerprint density at radius 1 is 1.29 bits per heavy atom. The number of rotatable bonds is 3. The van der Waals surface area contributed by atoms with Gasteiger partial charge in [-0.2, -0.15) is 0 Å². The Morgan fingerprint density at radius 2 is 2.07 bits per heavy atom. The molecule has 148 valence electrons. The third-order valence-corrected chi connectivity index (χ3v) is 5.00. The fourth-order valence-electron chi connectivity index (χ4n) is 3.44. The van der Waals surface area contributed by atoms with Gasteiger partial charge in [0.2, 0.25) is 5.88 Å². The molecule has 2 atom stereocenters. The number of nitrogens with zero attached hydrogens (tertiary/aromatic N) is 3. The average molecular weight is 383 g/mol. The van der Waals surface area contributed by atoms with Crippen LogP contribution in [0.3, 0.4) is 0 Å². The van der Waals surface area contributed by atoms with Crippen LogP contribution in [-0.2, 0) is 9.59 Å². The van der Waals surface area contributed by atoms with Gasteiger partial charge in [0.15, 0.2) is 0 Å². The molecule has 2 aromatic heterocycles. The van der Waals surface area contributed by atoms with E-state index in [9.17, 15) is 9.59 Å². The number of hydrogen-bond acceptors (Lipinski definition) is 6. The molecule has 0 spiro atoms. The summed E-state index contributed by atoms with van der Waals surface area (Å²) in [6.07, 6.45) is 4.84. The minimum atomic E-state index is -0.689. The fourth-order valence-corrected chi connectivity index (χ4v) is 3.44. The molecule has 0 aromatic carbocycles. The van der Waals surface area contributed by atoms with Crippen LogP contribution < -0.4 is 15.8 Å². The molecule has 0 radical (unpaired) electrons. The van der Waals surface area contributed by atoms with Gasteiger partial charge in [-0.1, -0.05) is 6.92 Å². The number of piperidine rings is 1. The van der Waals surface area contributed by atoms with Gasteiger partial charge in [-0.05, 0) is 48.9 Å². The normalized spacial score (nSPS) is 19.2. The Balaban J connectivity index is 1.81. The van der Waals surface area contributed by atoms with Gasteiger partial charge in [0.25, 0.3) is 0 Å². The Labute approximate surface area is 164 Å². The standard InChI is InChI=1S/C20H25N5O3/c1-12-4-5-16(14-6-7-22-17(9-14)28-3)25(11-12)20(27)19(26)24-15-8-13(2)18(21)23-10-15/h6-10,12,16H,4-5,11H2,1-3H3,(H2,21,23)(H,24,26)/t12-,16+/m0/s1. The molecule has 1 aliphatic heterocycles. The highest BCUT2D eigenvalue weighted by Gasteiger charge is 2.34. The summed E-state index contributed by atoms with van der Waals surface area (Å²) in [7, 11) is 1.55. The first kappa shape index (κ1) is 19.6. The number of methoxy groups -OCH3 is 1. The summed E-state index contributed by atoms with van der Waals surface area (Å²) >= 11 is 0. The second kappa shape index (κ2) is 8.24. The molecular formula is C20H25N5O3. The number of anilines is 2. The van der Waals surface area contributed by atoms with E-state index < -0.39 is 11.8 Å². The van der Waals surface area contributed by atoms with Crippen molar-refractivity contribution in [1.82, 2.24) is 14.9 Å². The number of likely N-dealkylation sites (tertiary alicyclic amines) is 1. The number of hydrogen-bond donors (Lipinski definition) is 2. The smallest absolute Gasteiger partial charge is 0.313 e. The molecule has 3 N–H and O–H groups in total. The molecule has 1 fully saturated rings. The van der Waals surface area contributed by atoms with E-state index in [1.165, 1.54) is 6.20 Å². The number of carbonyl (C=O) groups excluding carboxylic acids is 2. The van der Waals surface area contributed by atoms with Gasteiger partial charge < -0.3 is 20.7 Å². The predicted octanol–water partition coefficient (Wildman–Crippen LogP) is 2.31. The van der Waals surface area contributed by atoms with Crippen molar-refractivity contribution in [2.75, 3.05) is 24.7 Å². The van der Waals surface area contributed by atoms with Crippen LogP contribution in [0, 0.1) is 12.8 Å². The van der Waals surface area contributed by atoms with Crippen LogP contribution in [0.4, 0.5) is 11.5 Å². The zero-order chi connectivity index (χ0) is 20.3. The number of pyridine rings is 2. The van der Waals surface area contributed by atoms with Crippen molar-refractivity contribution in [3.8, 4) is 5.88 Å². The zero-order valence-electron chi connectivity index (χ0n) is 16.3. The number of nitrogen functional groups attached to an aromatic ring is 1. The molecule has 1 saturated heterocycles. The van der Waals surface area contributed by atoms with Crippen LogP contribution in [0.15, 0.2) is 30.6 Å². The maximum atomic E-state index is 13.0. The number of aryl methyl sites for hydroxylation is 1. The first-order valence-corrected chi connectivity index (χ1v) is 9.23. The first-order chi connectivity index (χ1) is 13.4. The first-order valence-electron chi connectivity index (χ1n) is 9.23.